The number of unbranched alkanes of at least 4 members (excludes halogenated alkanes) is 1. The van der Waals surface area contributed by atoms with Crippen molar-refractivity contribution >= 4 is 25.2 Å². The van der Waals surface area contributed by atoms with Gasteiger partial charge >= 0.3 is 8.56 Å². The normalized spacial score (nSPS) is 13.6. The van der Waals surface area contributed by atoms with Crippen LogP contribution in [0.2, 0.25) is 51.4 Å². The van der Waals surface area contributed by atoms with Gasteiger partial charge in [-0.05, 0) is 57.8 Å². The lowest BCUT2D eigenvalue weighted by Gasteiger charge is -2.38. The van der Waals surface area contributed by atoms with Crippen molar-refractivity contribution in [2.45, 2.75) is 77.6 Å². The number of aliphatic hydroxyl groups excluding tert-OH is 1. The van der Waals surface area contributed by atoms with E-state index in [-0.39, 0.29) is 6.61 Å². The van der Waals surface area contributed by atoms with Gasteiger partial charge in [0.2, 0.25) is 0 Å². The molecule has 0 fully saturated rings. The van der Waals surface area contributed by atoms with Crippen LogP contribution in [0.4, 0.5) is 0 Å². The molecule has 0 aliphatic rings. The van der Waals surface area contributed by atoms with Crippen LogP contribution >= 0.6 is 0 Å². The van der Waals surface area contributed by atoms with E-state index in [0.717, 1.165) is 12.5 Å². The fourth-order valence-corrected chi connectivity index (χ4v) is 17.0. The van der Waals surface area contributed by atoms with E-state index in [0.29, 0.717) is 13.2 Å². The molecule has 0 amide bonds. The largest absolute Gasteiger partial charge is 0.437 e. The number of ether oxygens (including phenoxy) is 1. The van der Waals surface area contributed by atoms with Crippen LogP contribution in [0, 0.1) is 0 Å². The predicted molar refractivity (Wildman–Crippen MR) is 102 cm³/mol. The Balaban J connectivity index is 4.29. The van der Waals surface area contributed by atoms with Crippen LogP contribution in [0.3, 0.4) is 0 Å². The highest BCUT2D eigenvalue weighted by Gasteiger charge is 2.39. The Kier molecular flexibility index (Phi) is 10.6. The van der Waals surface area contributed by atoms with Gasteiger partial charge in [0, 0.05) is 6.61 Å². The van der Waals surface area contributed by atoms with Gasteiger partial charge in [-0.15, -0.1) is 0 Å². The van der Waals surface area contributed by atoms with Gasteiger partial charge in [0.1, 0.15) is 0 Å². The third kappa shape index (κ3) is 12.0. The summed E-state index contributed by atoms with van der Waals surface area (Å²) in [6.07, 6.45) is 3.49. The van der Waals surface area contributed by atoms with Gasteiger partial charge in [-0.25, -0.2) is 0 Å². The summed E-state index contributed by atoms with van der Waals surface area (Å²) in [7, 11) is -5.37. The molecule has 0 bridgehead atoms. The molecule has 1 N–H and O–H groups in total. The minimum absolute atomic E-state index is 0.0998. The molecule has 0 heterocycles. The number of rotatable bonds is 13. The van der Waals surface area contributed by atoms with Crippen molar-refractivity contribution in [3.63, 3.8) is 0 Å². The third-order valence-electron chi connectivity index (χ3n) is 3.48. The maximum Gasteiger partial charge on any atom is 0.311 e. The number of aliphatic hydroxyl groups is 1. The van der Waals surface area contributed by atoms with Crippen molar-refractivity contribution in [3.8, 4) is 0 Å². The first kappa shape index (κ1) is 22.5. The molecule has 0 aromatic carbocycles. The summed E-state index contributed by atoms with van der Waals surface area (Å²) in [5.41, 5.74) is 0. The van der Waals surface area contributed by atoms with Crippen LogP contribution in [0.25, 0.3) is 0 Å². The zero-order valence-corrected chi connectivity index (χ0v) is 18.8. The van der Waals surface area contributed by atoms with Gasteiger partial charge < -0.3 is 18.1 Å². The zero-order chi connectivity index (χ0) is 17.3. The molecule has 0 spiro atoms. The third-order valence-corrected chi connectivity index (χ3v) is 14.9. The van der Waals surface area contributed by atoms with Crippen LogP contribution in [0.15, 0.2) is 0 Å². The Hall–Kier alpha value is 0.491. The molecule has 0 saturated heterocycles. The number of hydrogen-bond donors (Lipinski definition) is 1. The minimum Gasteiger partial charge on any atom is -0.437 e. The first-order valence-corrected chi connectivity index (χ1v) is 17.7. The van der Waals surface area contributed by atoms with Gasteiger partial charge in [-0.1, -0.05) is 19.8 Å². The van der Waals surface area contributed by atoms with Gasteiger partial charge in [0.05, 0.1) is 13.2 Å². The summed E-state index contributed by atoms with van der Waals surface area (Å²) >= 11 is 0. The maximum absolute atomic E-state index is 8.70. The fraction of sp³-hybridized carbons (Fsp3) is 1.00. The second-order valence-corrected chi connectivity index (χ2v) is 20.1. The maximum atomic E-state index is 8.70. The summed E-state index contributed by atoms with van der Waals surface area (Å²) in [4.78, 5) is 0. The summed E-state index contributed by atoms with van der Waals surface area (Å²) in [6.45, 7) is 17.1. The fourth-order valence-electron chi connectivity index (χ4n) is 2.82. The van der Waals surface area contributed by atoms with Crippen LogP contribution in [0.1, 0.15) is 26.2 Å². The van der Waals surface area contributed by atoms with Crippen molar-refractivity contribution < 1.29 is 18.1 Å². The molecule has 0 rings (SSSR count). The number of hydrogen-bond acceptors (Lipinski definition) is 4. The SMILES string of the molecule is CCCC[Si](C)(C)O[Si](C)(C)O[Si](C)(C)CCCOCCO. The molecule has 0 atom stereocenters. The second kappa shape index (κ2) is 10.4. The molecule has 0 aromatic rings. The van der Waals surface area contributed by atoms with Gasteiger partial charge in [-0.3, -0.25) is 0 Å². The van der Waals surface area contributed by atoms with Crippen molar-refractivity contribution in [2.75, 3.05) is 19.8 Å². The Morgan fingerprint density at radius 3 is 1.73 bits per heavy atom. The van der Waals surface area contributed by atoms with E-state index >= 15 is 0 Å². The topological polar surface area (TPSA) is 47.9 Å². The van der Waals surface area contributed by atoms with E-state index in [1.165, 1.54) is 18.9 Å². The highest BCUT2D eigenvalue weighted by molar-refractivity contribution is 6.87. The van der Waals surface area contributed by atoms with Crippen LogP contribution in [0.5, 0.6) is 0 Å². The van der Waals surface area contributed by atoms with E-state index in [2.05, 4.69) is 46.2 Å². The molecule has 0 unspecified atom stereocenters. The summed E-state index contributed by atoms with van der Waals surface area (Å²) in [5, 5.41) is 8.70. The standard InChI is InChI=1S/C15H38O4Si3/c1-8-9-14-20(2,3)18-22(6,7)19-21(4,5)15-10-12-17-13-11-16/h16H,8-15H2,1-7H3. The van der Waals surface area contributed by atoms with Crippen molar-refractivity contribution in [2.24, 2.45) is 0 Å². The van der Waals surface area contributed by atoms with E-state index in [9.17, 15) is 0 Å². The zero-order valence-electron chi connectivity index (χ0n) is 15.8. The van der Waals surface area contributed by atoms with Crippen LogP contribution in [-0.4, -0.2) is 50.1 Å². The van der Waals surface area contributed by atoms with Crippen molar-refractivity contribution in [3.05, 3.63) is 0 Å². The lowest BCUT2D eigenvalue weighted by atomic mass is 10.4. The van der Waals surface area contributed by atoms with Crippen LogP contribution < -0.4 is 0 Å². The summed E-state index contributed by atoms with van der Waals surface area (Å²) < 4.78 is 18.4. The molecule has 134 valence electrons. The molecular formula is C15H38O4Si3. The van der Waals surface area contributed by atoms with Gasteiger partial charge in [0.25, 0.3) is 0 Å². The van der Waals surface area contributed by atoms with E-state index in [1.807, 2.05) is 0 Å². The van der Waals surface area contributed by atoms with Crippen molar-refractivity contribution in [1.82, 2.24) is 0 Å². The van der Waals surface area contributed by atoms with Gasteiger partial charge in [-0.2, -0.15) is 0 Å². The van der Waals surface area contributed by atoms with Crippen LogP contribution in [-0.2, 0) is 13.0 Å². The average Bonchev–Trinajstić information content (AvgIpc) is 2.33. The summed E-state index contributed by atoms with van der Waals surface area (Å²) in [5.74, 6) is 0. The predicted octanol–water partition coefficient (Wildman–Crippen LogP) is 4.33. The lowest BCUT2D eigenvalue weighted by Crippen LogP contribution is -2.52. The van der Waals surface area contributed by atoms with E-state index in [4.69, 9.17) is 18.1 Å². The molecule has 0 saturated carbocycles. The molecule has 4 nitrogen and oxygen atoms in total. The Labute approximate surface area is 141 Å². The molecule has 0 aliphatic heterocycles. The first-order chi connectivity index (χ1) is 10.0. The molecular weight excluding hydrogens is 328 g/mol. The molecule has 0 radical (unpaired) electrons. The van der Waals surface area contributed by atoms with E-state index < -0.39 is 25.2 Å². The Morgan fingerprint density at radius 1 is 0.773 bits per heavy atom. The lowest BCUT2D eigenvalue weighted by molar-refractivity contribution is 0.0923. The minimum atomic E-state index is -2.06. The quantitative estimate of drug-likeness (QED) is 0.389. The smallest absolute Gasteiger partial charge is 0.311 e. The molecule has 7 heteroatoms. The second-order valence-electron chi connectivity index (χ2n) is 7.67. The molecule has 0 aromatic heterocycles. The van der Waals surface area contributed by atoms with Gasteiger partial charge in [0.15, 0.2) is 16.6 Å². The van der Waals surface area contributed by atoms with Crippen molar-refractivity contribution in [1.29, 1.82) is 0 Å². The Bertz CT molecular complexity index is 297. The highest BCUT2D eigenvalue weighted by atomic mass is 28.5. The van der Waals surface area contributed by atoms with E-state index in [1.54, 1.807) is 0 Å². The highest BCUT2D eigenvalue weighted by Crippen LogP contribution is 2.26. The molecule has 0 aliphatic carbocycles. The Morgan fingerprint density at radius 2 is 1.27 bits per heavy atom. The first-order valence-electron chi connectivity index (χ1n) is 8.62. The average molecular weight is 367 g/mol. The monoisotopic (exact) mass is 366 g/mol. The molecule has 22 heavy (non-hydrogen) atoms. The summed E-state index contributed by atoms with van der Waals surface area (Å²) in [6, 6.07) is 2.30.